The van der Waals surface area contributed by atoms with Gasteiger partial charge in [-0.05, 0) is 37.1 Å². The number of sulfonamides is 1. The highest BCUT2D eigenvalue weighted by Crippen LogP contribution is 2.18. The van der Waals surface area contributed by atoms with Gasteiger partial charge in [-0.3, -0.25) is 4.72 Å². The molecular formula is C20H27ClN2O6S2. The number of para-hydroxylation sites is 2. The minimum absolute atomic E-state index is 0.256. The van der Waals surface area contributed by atoms with Crippen LogP contribution in [0.1, 0.15) is 12.8 Å². The van der Waals surface area contributed by atoms with E-state index in [4.69, 9.17) is 25.9 Å². The Morgan fingerprint density at radius 2 is 1.29 bits per heavy atom. The number of nitrogens with two attached hydrogens (primary N) is 1. The Morgan fingerprint density at radius 1 is 0.806 bits per heavy atom. The van der Waals surface area contributed by atoms with E-state index in [2.05, 4.69) is 4.72 Å². The van der Waals surface area contributed by atoms with Gasteiger partial charge in [-0.2, -0.15) is 0 Å². The van der Waals surface area contributed by atoms with Crippen LogP contribution in [-0.2, 0) is 28.5 Å². The third-order valence-corrected chi connectivity index (χ3v) is 8.14. The van der Waals surface area contributed by atoms with Gasteiger partial charge in [0.05, 0.1) is 13.2 Å². The maximum Gasteiger partial charge on any atom is 0.237 e. The zero-order valence-electron chi connectivity index (χ0n) is 16.9. The summed E-state index contributed by atoms with van der Waals surface area (Å²) in [7, 11) is -1.61. The van der Waals surface area contributed by atoms with Crippen LogP contribution in [0.15, 0.2) is 60.7 Å². The second-order valence-corrected chi connectivity index (χ2v) is 11.7. The summed E-state index contributed by atoms with van der Waals surface area (Å²) in [5, 5.41) is -0.892. The maximum atomic E-state index is 11.8. The van der Waals surface area contributed by atoms with Gasteiger partial charge in [0.1, 0.15) is 10.5 Å². The van der Waals surface area contributed by atoms with Crippen molar-refractivity contribution in [3.05, 3.63) is 60.7 Å². The standard InChI is InChI=1S/C10H13NO3S.C6H7N.C4H7ClO3S/c12-15(13,10-6-7-14-8-10)11-9-4-2-1-3-5-9;7-6-4-2-1-3-5-6;5-9(6,7)4-1-2-8-3-4/h1-5,10-11H,6-8H2;1-5H,7H2;4H,1-3H2. The number of hydrogen-bond acceptors (Lipinski definition) is 7. The highest BCUT2D eigenvalue weighted by molar-refractivity contribution is 8.14. The predicted octanol–water partition coefficient (Wildman–Crippen LogP) is 2.83. The lowest BCUT2D eigenvalue weighted by Crippen LogP contribution is -2.27. The SMILES string of the molecule is Nc1ccccc1.O=S(=O)(Cl)C1CCOC1.O=S(=O)(Nc1ccccc1)C1CCOC1. The van der Waals surface area contributed by atoms with Crippen molar-refractivity contribution in [1.82, 2.24) is 0 Å². The Labute approximate surface area is 188 Å². The lowest BCUT2D eigenvalue weighted by molar-refractivity contribution is 0.198. The van der Waals surface area contributed by atoms with Crippen molar-refractivity contribution < 1.29 is 26.3 Å². The summed E-state index contributed by atoms with van der Waals surface area (Å²) >= 11 is 0. The largest absolute Gasteiger partial charge is 0.399 e. The molecule has 31 heavy (non-hydrogen) atoms. The summed E-state index contributed by atoms with van der Waals surface area (Å²) in [6.45, 7) is 1.59. The number of nitrogens with one attached hydrogen (secondary N) is 1. The molecule has 2 aliphatic rings. The van der Waals surface area contributed by atoms with Crippen LogP contribution in [0, 0.1) is 0 Å². The summed E-state index contributed by atoms with van der Waals surface area (Å²) < 4.78 is 57.1. The summed E-state index contributed by atoms with van der Waals surface area (Å²) in [5.74, 6) is 0. The number of rotatable bonds is 4. The molecule has 2 aromatic rings. The van der Waals surface area contributed by atoms with Crippen LogP contribution < -0.4 is 10.5 Å². The van der Waals surface area contributed by atoms with Crippen molar-refractivity contribution >= 4 is 41.1 Å². The first-order valence-corrected chi connectivity index (χ1v) is 13.6. The Balaban J connectivity index is 0.000000181. The maximum absolute atomic E-state index is 11.8. The van der Waals surface area contributed by atoms with Crippen LogP contribution in [0.3, 0.4) is 0 Å². The molecule has 0 saturated carbocycles. The minimum atomic E-state index is -3.36. The number of nitrogen functional groups attached to an aromatic ring is 1. The molecule has 2 heterocycles. The van der Waals surface area contributed by atoms with E-state index in [1.807, 2.05) is 36.4 Å². The second kappa shape index (κ2) is 12.3. The fourth-order valence-corrected chi connectivity index (χ4v) is 5.07. The first-order chi connectivity index (χ1) is 14.7. The molecule has 8 nitrogen and oxygen atoms in total. The third-order valence-electron chi connectivity index (χ3n) is 4.45. The first kappa shape index (κ1) is 25.4. The monoisotopic (exact) mass is 490 g/mol. The van der Waals surface area contributed by atoms with Crippen molar-refractivity contribution in [3.8, 4) is 0 Å². The van der Waals surface area contributed by atoms with E-state index in [9.17, 15) is 16.8 Å². The van der Waals surface area contributed by atoms with Gasteiger partial charge in [-0.25, -0.2) is 16.8 Å². The molecule has 0 bridgehead atoms. The molecule has 0 amide bonds. The highest BCUT2D eigenvalue weighted by atomic mass is 35.7. The predicted molar refractivity (Wildman–Crippen MR) is 123 cm³/mol. The number of benzene rings is 2. The Hall–Kier alpha value is -1.85. The average molecular weight is 491 g/mol. The number of hydrogen-bond donors (Lipinski definition) is 2. The molecule has 0 aromatic heterocycles. The van der Waals surface area contributed by atoms with Gasteiger partial charge in [-0.1, -0.05) is 36.4 Å². The Morgan fingerprint density at radius 3 is 1.65 bits per heavy atom. The van der Waals surface area contributed by atoms with Crippen molar-refractivity contribution in [1.29, 1.82) is 0 Å². The Kier molecular flexibility index (Phi) is 10.0. The highest BCUT2D eigenvalue weighted by Gasteiger charge is 2.29. The van der Waals surface area contributed by atoms with Crippen molar-refractivity contribution in [2.45, 2.75) is 23.3 Å². The first-order valence-electron chi connectivity index (χ1n) is 9.64. The van der Waals surface area contributed by atoms with E-state index in [0.29, 0.717) is 38.3 Å². The molecule has 0 radical (unpaired) electrons. The zero-order chi connectivity index (χ0) is 22.7. The lowest BCUT2D eigenvalue weighted by Gasteiger charge is -2.11. The fraction of sp³-hybridized carbons (Fsp3) is 0.400. The molecule has 2 unspecified atom stereocenters. The Bertz CT molecular complexity index is 977. The van der Waals surface area contributed by atoms with E-state index >= 15 is 0 Å². The molecule has 2 saturated heterocycles. The van der Waals surface area contributed by atoms with Gasteiger partial charge in [0.25, 0.3) is 0 Å². The summed E-state index contributed by atoms with van der Waals surface area (Å²) in [6.07, 6.45) is 1.11. The van der Waals surface area contributed by atoms with Crippen LogP contribution in [0.5, 0.6) is 0 Å². The smallest absolute Gasteiger partial charge is 0.237 e. The normalized spacial score (nSPS) is 20.7. The van der Waals surface area contributed by atoms with E-state index in [-0.39, 0.29) is 6.61 Å². The molecule has 4 rings (SSSR count). The van der Waals surface area contributed by atoms with Crippen LogP contribution in [0.25, 0.3) is 0 Å². The van der Waals surface area contributed by atoms with Gasteiger partial charge in [0, 0.05) is 35.3 Å². The van der Waals surface area contributed by atoms with Crippen molar-refractivity contribution in [2.75, 3.05) is 36.9 Å². The van der Waals surface area contributed by atoms with E-state index in [0.717, 1.165) is 5.69 Å². The molecule has 11 heteroatoms. The second-order valence-electron chi connectivity index (χ2n) is 6.87. The molecule has 172 valence electrons. The van der Waals surface area contributed by atoms with Crippen LogP contribution in [0.2, 0.25) is 0 Å². The summed E-state index contributed by atoms with van der Waals surface area (Å²) in [4.78, 5) is 0. The quantitative estimate of drug-likeness (QED) is 0.498. The molecule has 3 N–H and O–H groups in total. The van der Waals surface area contributed by atoms with Crippen molar-refractivity contribution in [3.63, 3.8) is 0 Å². The summed E-state index contributed by atoms with van der Waals surface area (Å²) in [6, 6.07) is 18.4. The van der Waals surface area contributed by atoms with Gasteiger partial charge >= 0.3 is 0 Å². The molecule has 0 spiro atoms. The molecule has 0 aliphatic carbocycles. The zero-order valence-corrected chi connectivity index (χ0v) is 19.3. The van der Waals surface area contributed by atoms with Crippen LogP contribution in [0.4, 0.5) is 11.4 Å². The minimum Gasteiger partial charge on any atom is -0.399 e. The van der Waals surface area contributed by atoms with Gasteiger partial charge in [0.2, 0.25) is 19.1 Å². The van der Waals surface area contributed by atoms with Gasteiger partial charge < -0.3 is 15.2 Å². The lowest BCUT2D eigenvalue weighted by atomic mass is 10.3. The topological polar surface area (TPSA) is 125 Å². The fourth-order valence-electron chi connectivity index (χ4n) is 2.70. The number of anilines is 2. The third kappa shape index (κ3) is 9.44. The number of halogens is 1. The molecule has 2 aromatic carbocycles. The van der Waals surface area contributed by atoms with E-state index in [1.54, 1.807) is 24.3 Å². The number of ether oxygens (including phenoxy) is 2. The van der Waals surface area contributed by atoms with E-state index < -0.39 is 29.6 Å². The van der Waals surface area contributed by atoms with Gasteiger partial charge in [-0.15, -0.1) is 0 Å². The van der Waals surface area contributed by atoms with Gasteiger partial charge in [0.15, 0.2) is 0 Å². The molecule has 2 atom stereocenters. The van der Waals surface area contributed by atoms with E-state index in [1.165, 1.54) is 0 Å². The van der Waals surface area contributed by atoms with Crippen molar-refractivity contribution in [2.24, 2.45) is 0 Å². The summed E-state index contributed by atoms with van der Waals surface area (Å²) in [5.41, 5.74) is 6.78. The van der Waals surface area contributed by atoms with Crippen LogP contribution >= 0.6 is 10.7 Å². The molecule has 2 aliphatic heterocycles. The molecule has 2 fully saturated rings. The average Bonchev–Trinajstić information content (AvgIpc) is 3.44. The molecular weight excluding hydrogens is 464 g/mol. The van der Waals surface area contributed by atoms with Crippen LogP contribution in [-0.4, -0.2) is 53.8 Å².